The highest BCUT2D eigenvalue weighted by Gasteiger charge is 2.45. The second-order valence-electron chi connectivity index (χ2n) is 8.16. The summed E-state index contributed by atoms with van der Waals surface area (Å²) < 4.78 is 4.73. The molecule has 2 N–H and O–H groups in total. The lowest BCUT2D eigenvalue weighted by Crippen LogP contribution is -2.32. The van der Waals surface area contributed by atoms with E-state index in [-0.39, 0.29) is 23.9 Å². The molecule has 1 aliphatic carbocycles. The van der Waals surface area contributed by atoms with Gasteiger partial charge >= 0.3 is 5.97 Å². The van der Waals surface area contributed by atoms with Crippen molar-refractivity contribution in [1.29, 1.82) is 0 Å². The Morgan fingerprint density at radius 1 is 1.40 bits per heavy atom. The summed E-state index contributed by atoms with van der Waals surface area (Å²) in [7, 11) is 1.41. The number of hydrogen-bond donors (Lipinski definition) is 2. The Morgan fingerprint density at radius 2 is 2.08 bits per heavy atom. The third-order valence-electron chi connectivity index (χ3n) is 5.57. The molecule has 1 fully saturated rings. The molecule has 0 saturated heterocycles. The third kappa shape index (κ3) is 6.59. The summed E-state index contributed by atoms with van der Waals surface area (Å²) in [6.45, 7) is 10.3. The van der Waals surface area contributed by atoms with E-state index < -0.39 is 5.60 Å². The molecule has 0 aromatic heterocycles. The maximum Gasteiger partial charge on any atom is 0.305 e. The van der Waals surface area contributed by atoms with Crippen LogP contribution >= 0.6 is 0 Å². The fourth-order valence-corrected chi connectivity index (χ4v) is 3.93. The highest BCUT2D eigenvalue weighted by atomic mass is 16.5. The molecule has 1 saturated carbocycles. The van der Waals surface area contributed by atoms with Gasteiger partial charge in [0.05, 0.1) is 12.7 Å². The Balaban J connectivity index is 2.85. The summed E-state index contributed by atoms with van der Waals surface area (Å²) in [5.41, 5.74) is 1.72. The van der Waals surface area contributed by atoms with Gasteiger partial charge in [-0.1, -0.05) is 30.7 Å². The summed E-state index contributed by atoms with van der Waals surface area (Å²) >= 11 is 0. The van der Waals surface area contributed by atoms with Crippen LogP contribution in [-0.2, 0) is 9.53 Å². The molecule has 144 valence electrons. The van der Waals surface area contributed by atoms with Crippen molar-refractivity contribution in [3.63, 3.8) is 0 Å². The summed E-state index contributed by atoms with van der Waals surface area (Å²) in [6.07, 6.45) is 8.74. The minimum absolute atomic E-state index is 0.0307. The molecule has 0 bridgehead atoms. The molecule has 0 radical (unpaired) electrons. The highest BCUT2D eigenvalue weighted by Crippen LogP contribution is 2.53. The van der Waals surface area contributed by atoms with Gasteiger partial charge in [0, 0.05) is 18.9 Å². The average Bonchev–Trinajstić information content (AvgIpc) is 2.88. The van der Waals surface area contributed by atoms with Crippen molar-refractivity contribution in [2.45, 2.75) is 77.7 Å². The number of allylic oxidation sites excluding steroid dienone is 2. The maximum absolute atomic E-state index is 11.4. The SMILES string of the molecule is C=C(CCCO)CC[C@]1(C)CC[C@@H](C(C)(C)O)/C1=C\CCC(=O)OC. The zero-order valence-electron chi connectivity index (χ0n) is 16.4. The molecule has 4 nitrogen and oxygen atoms in total. The molecule has 1 rings (SSSR count). The van der Waals surface area contributed by atoms with Crippen LogP contribution in [0.3, 0.4) is 0 Å². The Bertz CT molecular complexity index is 487. The topological polar surface area (TPSA) is 66.8 Å². The number of hydrogen-bond acceptors (Lipinski definition) is 4. The quantitative estimate of drug-likeness (QED) is 0.457. The molecular formula is C21H36O4. The van der Waals surface area contributed by atoms with Crippen molar-refractivity contribution in [2.24, 2.45) is 11.3 Å². The molecule has 1 aliphatic rings. The number of carbonyl (C=O) groups is 1. The first-order chi connectivity index (χ1) is 11.6. The Kier molecular flexibility index (Phi) is 8.36. The van der Waals surface area contributed by atoms with Crippen molar-refractivity contribution in [1.82, 2.24) is 0 Å². The van der Waals surface area contributed by atoms with E-state index in [1.165, 1.54) is 18.3 Å². The maximum atomic E-state index is 11.4. The fourth-order valence-electron chi connectivity index (χ4n) is 3.93. The first kappa shape index (κ1) is 21.9. The molecule has 0 unspecified atom stereocenters. The van der Waals surface area contributed by atoms with Crippen LogP contribution in [0.1, 0.15) is 72.1 Å². The molecule has 2 atom stereocenters. The molecule has 0 aromatic rings. The van der Waals surface area contributed by atoms with E-state index in [0.717, 1.165) is 38.5 Å². The van der Waals surface area contributed by atoms with E-state index in [1.807, 2.05) is 13.8 Å². The van der Waals surface area contributed by atoms with Crippen molar-refractivity contribution >= 4 is 5.97 Å². The molecule has 0 heterocycles. The van der Waals surface area contributed by atoms with Gasteiger partial charge in [0.1, 0.15) is 0 Å². The second-order valence-corrected chi connectivity index (χ2v) is 8.16. The van der Waals surface area contributed by atoms with E-state index in [1.54, 1.807) is 0 Å². The largest absolute Gasteiger partial charge is 0.469 e. The number of ether oxygens (including phenoxy) is 1. The van der Waals surface area contributed by atoms with Gasteiger partial charge in [-0.3, -0.25) is 4.79 Å². The van der Waals surface area contributed by atoms with Crippen LogP contribution in [0.2, 0.25) is 0 Å². The molecule has 0 aliphatic heterocycles. The Hall–Kier alpha value is -1.13. The van der Waals surface area contributed by atoms with Crippen molar-refractivity contribution in [3.8, 4) is 0 Å². The summed E-state index contributed by atoms with van der Waals surface area (Å²) in [5.74, 6) is -0.0745. The van der Waals surface area contributed by atoms with Gasteiger partial charge in [-0.05, 0) is 64.2 Å². The first-order valence-electron chi connectivity index (χ1n) is 9.41. The third-order valence-corrected chi connectivity index (χ3v) is 5.57. The number of aliphatic hydroxyl groups is 2. The van der Waals surface area contributed by atoms with E-state index >= 15 is 0 Å². The van der Waals surface area contributed by atoms with Crippen LogP contribution < -0.4 is 0 Å². The molecule has 0 spiro atoms. The normalized spacial score (nSPS) is 25.4. The van der Waals surface area contributed by atoms with E-state index in [9.17, 15) is 9.90 Å². The predicted molar refractivity (Wildman–Crippen MR) is 101 cm³/mol. The monoisotopic (exact) mass is 352 g/mol. The van der Waals surface area contributed by atoms with Crippen LogP contribution in [0.4, 0.5) is 0 Å². The molecule has 4 heteroatoms. The Labute approximate surface area is 153 Å². The number of esters is 1. The van der Waals surface area contributed by atoms with Gasteiger partial charge in [0.15, 0.2) is 0 Å². The van der Waals surface area contributed by atoms with Crippen LogP contribution in [0.25, 0.3) is 0 Å². The van der Waals surface area contributed by atoms with E-state index in [0.29, 0.717) is 12.8 Å². The van der Waals surface area contributed by atoms with Gasteiger partial charge in [0.25, 0.3) is 0 Å². The van der Waals surface area contributed by atoms with Gasteiger partial charge < -0.3 is 14.9 Å². The molecule has 0 aromatic carbocycles. The van der Waals surface area contributed by atoms with Crippen LogP contribution in [0.15, 0.2) is 23.8 Å². The van der Waals surface area contributed by atoms with Crippen molar-refractivity contribution in [2.75, 3.05) is 13.7 Å². The van der Waals surface area contributed by atoms with E-state index in [2.05, 4.69) is 19.6 Å². The molecular weight excluding hydrogens is 316 g/mol. The standard InChI is InChI=1S/C21H36O4/c1-16(8-7-15-22)11-13-21(4)14-12-17(20(2,3)24)18(21)9-6-10-19(23)25-5/h9,17,22,24H,1,6-8,10-15H2,2-5H3/b18-9+/t17-,21-/m1/s1. The lowest BCUT2D eigenvalue weighted by atomic mass is 9.74. The van der Waals surface area contributed by atoms with E-state index in [4.69, 9.17) is 9.84 Å². The Morgan fingerprint density at radius 3 is 2.64 bits per heavy atom. The molecule has 0 amide bonds. The zero-order valence-corrected chi connectivity index (χ0v) is 16.4. The predicted octanol–water partition coefficient (Wildman–Crippen LogP) is 4.16. The zero-order chi connectivity index (χ0) is 19.1. The minimum atomic E-state index is -0.761. The van der Waals surface area contributed by atoms with Crippen molar-refractivity contribution < 1.29 is 19.7 Å². The number of methoxy groups -OCH3 is 1. The van der Waals surface area contributed by atoms with Gasteiger partial charge in [-0.15, -0.1) is 0 Å². The lowest BCUT2D eigenvalue weighted by molar-refractivity contribution is -0.140. The number of rotatable bonds is 10. The average molecular weight is 353 g/mol. The first-order valence-corrected chi connectivity index (χ1v) is 9.41. The summed E-state index contributed by atoms with van der Waals surface area (Å²) in [4.78, 5) is 11.4. The van der Waals surface area contributed by atoms with Crippen LogP contribution in [0, 0.1) is 11.3 Å². The van der Waals surface area contributed by atoms with Gasteiger partial charge in [-0.25, -0.2) is 0 Å². The highest BCUT2D eigenvalue weighted by molar-refractivity contribution is 5.69. The summed E-state index contributed by atoms with van der Waals surface area (Å²) in [5, 5.41) is 19.5. The summed E-state index contributed by atoms with van der Waals surface area (Å²) in [6, 6.07) is 0. The lowest BCUT2D eigenvalue weighted by Gasteiger charge is -2.33. The second kappa shape index (κ2) is 9.54. The smallest absolute Gasteiger partial charge is 0.305 e. The van der Waals surface area contributed by atoms with Crippen LogP contribution in [0.5, 0.6) is 0 Å². The minimum Gasteiger partial charge on any atom is -0.469 e. The number of carbonyl (C=O) groups excluding carboxylic acids is 1. The molecule has 25 heavy (non-hydrogen) atoms. The fraction of sp³-hybridized carbons (Fsp3) is 0.762. The van der Waals surface area contributed by atoms with Crippen LogP contribution in [-0.4, -0.2) is 35.5 Å². The van der Waals surface area contributed by atoms with Gasteiger partial charge in [-0.2, -0.15) is 0 Å². The van der Waals surface area contributed by atoms with Crippen molar-refractivity contribution in [3.05, 3.63) is 23.8 Å². The number of aliphatic hydroxyl groups excluding tert-OH is 1. The van der Waals surface area contributed by atoms with Gasteiger partial charge in [0.2, 0.25) is 0 Å².